The van der Waals surface area contributed by atoms with E-state index in [-0.39, 0.29) is 10.8 Å². The smallest absolute Gasteiger partial charge is 0.253 e. The Morgan fingerprint density at radius 3 is 2.12 bits per heavy atom. The van der Waals surface area contributed by atoms with Crippen molar-refractivity contribution in [2.45, 2.75) is 24.8 Å². The van der Waals surface area contributed by atoms with Crippen molar-refractivity contribution in [2.75, 3.05) is 21.1 Å². The van der Waals surface area contributed by atoms with Gasteiger partial charge in [-0.2, -0.15) is 0 Å². The van der Waals surface area contributed by atoms with Crippen molar-refractivity contribution >= 4 is 15.9 Å². The molecule has 1 amide bonds. The van der Waals surface area contributed by atoms with Crippen molar-refractivity contribution < 1.29 is 13.2 Å². The summed E-state index contributed by atoms with van der Waals surface area (Å²) in [6.45, 7) is 2.56. The van der Waals surface area contributed by atoms with E-state index in [1.54, 1.807) is 24.1 Å². The molecule has 2 aromatic carbocycles. The Morgan fingerprint density at radius 2 is 1.56 bits per heavy atom. The number of carbonyl (C=O) groups excluding carboxylic acids is 1. The zero-order valence-corrected chi connectivity index (χ0v) is 15.9. The minimum Gasteiger partial charge on any atom is -0.337 e. The Morgan fingerprint density at radius 1 is 0.960 bits per heavy atom. The highest BCUT2D eigenvalue weighted by Gasteiger charge is 2.20. The lowest BCUT2D eigenvalue weighted by molar-refractivity contribution is 0.0785. The first-order chi connectivity index (χ1) is 11.8. The van der Waals surface area contributed by atoms with Gasteiger partial charge >= 0.3 is 0 Å². The third-order valence-corrected chi connectivity index (χ3v) is 5.87. The van der Waals surface area contributed by atoms with Gasteiger partial charge < -0.3 is 4.90 Å². The first kappa shape index (κ1) is 19.1. The molecule has 0 aliphatic heterocycles. The van der Waals surface area contributed by atoms with Gasteiger partial charge in [0.1, 0.15) is 0 Å². The van der Waals surface area contributed by atoms with Gasteiger partial charge in [0, 0.05) is 33.3 Å². The lowest BCUT2D eigenvalue weighted by Crippen LogP contribution is -2.27. The van der Waals surface area contributed by atoms with E-state index < -0.39 is 10.0 Å². The largest absolute Gasteiger partial charge is 0.337 e. The number of sulfonamides is 1. The molecule has 0 saturated heterocycles. The van der Waals surface area contributed by atoms with Crippen molar-refractivity contribution in [3.8, 4) is 0 Å². The maximum atomic E-state index is 12.6. The van der Waals surface area contributed by atoms with E-state index in [0.717, 1.165) is 16.3 Å². The number of hydrogen-bond donors (Lipinski definition) is 0. The summed E-state index contributed by atoms with van der Waals surface area (Å²) in [4.78, 5) is 14.3. The van der Waals surface area contributed by atoms with Crippen LogP contribution in [0, 0.1) is 0 Å². The van der Waals surface area contributed by atoms with Crippen molar-refractivity contribution in [2.24, 2.45) is 0 Å². The van der Waals surface area contributed by atoms with Crippen LogP contribution in [0.4, 0.5) is 0 Å². The quantitative estimate of drug-likeness (QED) is 0.796. The van der Waals surface area contributed by atoms with Gasteiger partial charge in [-0.1, -0.05) is 37.3 Å². The predicted molar refractivity (Wildman–Crippen MR) is 98.9 cm³/mol. The summed E-state index contributed by atoms with van der Waals surface area (Å²) in [6.07, 6.45) is 0.974. The molecule has 25 heavy (non-hydrogen) atoms. The monoisotopic (exact) mass is 360 g/mol. The van der Waals surface area contributed by atoms with Crippen LogP contribution in [0.15, 0.2) is 53.4 Å². The van der Waals surface area contributed by atoms with E-state index >= 15 is 0 Å². The lowest BCUT2D eigenvalue weighted by Gasteiger charge is -2.18. The molecule has 2 rings (SSSR count). The van der Waals surface area contributed by atoms with Gasteiger partial charge in [-0.05, 0) is 35.7 Å². The summed E-state index contributed by atoms with van der Waals surface area (Å²) in [5.74, 6) is -0.213. The fourth-order valence-corrected chi connectivity index (χ4v) is 3.39. The van der Waals surface area contributed by atoms with Gasteiger partial charge in [0.05, 0.1) is 4.90 Å². The third-order valence-electron chi connectivity index (χ3n) is 4.06. The average molecular weight is 360 g/mol. The summed E-state index contributed by atoms with van der Waals surface area (Å²) >= 11 is 0. The summed E-state index contributed by atoms with van der Waals surface area (Å²) in [6, 6.07) is 14.3. The first-order valence-electron chi connectivity index (χ1n) is 8.11. The molecule has 0 aliphatic rings. The molecule has 5 nitrogen and oxygen atoms in total. The highest BCUT2D eigenvalue weighted by Crippen LogP contribution is 2.17. The molecule has 0 bridgehead atoms. The molecule has 0 N–H and O–H groups in total. The maximum absolute atomic E-state index is 12.6. The van der Waals surface area contributed by atoms with Crippen molar-refractivity contribution in [1.29, 1.82) is 0 Å². The van der Waals surface area contributed by atoms with Crippen LogP contribution in [0.25, 0.3) is 0 Å². The van der Waals surface area contributed by atoms with Crippen LogP contribution in [-0.2, 0) is 23.0 Å². The number of benzene rings is 2. The van der Waals surface area contributed by atoms with Crippen LogP contribution in [0.5, 0.6) is 0 Å². The van der Waals surface area contributed by atoms with Gasteiger partial charge in [-0.3, -0.25) is 4.79 Å². The number of rotatable bonds is 6. The fraction of sp³-hybridized carbons (Fsp3) is 0.316. The SMILES string of the molecule is CCc1ccc(CN(C)C(=O)c2cccc(S(=O)(=O)N(C)C)c2)cc1. The van der Waals surface area contributed by atoms with Crippen LogP contribution < -0.4 is 0 Å². The zero-order valence-electron chi connectivity index (χ0n) is 15.1. The van der Waals surface area contributed by atoms with Gasteiger partial charge in [-0.25, -0.2) is 12.7 Å². The van der Waals surface area contributed by atoms with Crippen molar-refractivity contribution in [3.63, 3.8) is 0 Å². The van der Waals surface area contributed by atoms with Gasteiger partial charge in [-0.15, -0.1) is 0 Å². The normalized spacial score (nSPS) is 11.6. The van der Waals surface area contributed by atoms with E-state index in [1.165, 1.54) is 31.8 Å². The molecular weight excluding hydrogens is 336 g/mol. The highest BCUT2D eigenvalue weighted by molar-refractivity contribution is 7.89. The summed E-state index contributed by atoms with van der Waals surface area (Å²) in [5.41, 5.74) is 2.64. The fourth-order valence-electron chi connectivity index (χ4n) is 2.45. The van der Waals surface area contributed by atoms with Gasteiger partial charge in [0.15, 0.2) is 0 Å². The van der Waals surface area contributed by atoms with Crippen LogP contribution in [-0.4, -0.2) is 44.7 Å². The molecular formula is C19H24N2O3S. The third kappa shape index (κ3) is 4.46. The minimum atomic E-state index is -3.56. The van der Waals surface area contributed by atoms with Crippen LogP contribution in [0.2, 0.25) is 0 Å². The van der Waals surface area contributed by atoms with Crippen LogP contribution in [0.3, 0.4) is 0 Å². The van der Waals surface area contributed by atoms with Gasteiger partial charge in [0.2, 0.25) is 10.0 Å². The Balaban J connectivity index is 2.19. The molecule has 0 aromatic heterocycles. The molecule has 0 fully saturated rings. The molecule has 0 heterocycles. The summed E-state index contributed by atoms with van der Waals surface area (Å²) in [5, 5.41) is 0. The second-order valence-corrected chi connectivity index (χ2v) is 8.30. The topological polar surface area (TPSA) is 57.7 Å². The second kappa shape index (κ2) is 7.80. The maximum Gasteiger partial charge on any atom is 0.253 e. The lowest BCUT2D eigenvalue weighted by atomic mass is 10.1. The number of carbonyl (C=O) groups is 1. The molecule has 134 valence electrons. The van der Waals surface area contributed by atoms with Crippen molar-refractivity contribution in [3.05, 3.63) is 65.2 Å². The van der Waals surface area contributed by atoms with E-state index in [2.05, 4.69) is 19.1 Å². The zero-order chi connectivity index (χ0) is 18.6. The Labute approximate surface area is 149 Å². The average Bonchev–Trinajstić information content (AvgIpc) is 2.61. The van der Waals surface area contributed by atoms with E-state index in [9.17, 15) is 13.2 Å². The van der Waals surface area contributed by atoms with E-state index in [1.807, 2.05) is 12.1 Å². The van der Waals surface area contributed by atoms with Crippen LogP contribution in [0.1, 0.15) is 28.4 Å². The molecule has 0 radical (unpaired) electrons. The standard InChI is InChI=1S/C19H24N2O3S/c1-5-15-9-11-16(12-10-15)14-21(4)19(22)17-7-6-8-18(13-17)25(23,24)20(2)3/h6-13H,5,14H2,1-4H3. The molecule has 0 spiro atoms. The molecule has 0 atom stereocenters. The molecule has 0 unspecified atom stereocenters. The molecule has 2 aromatic rings. The Kier molecular flexibility index (Phi) is 5.98. The predicted octanol–water partition coefficient (Wildman–Crippen LogP) is 2.77. The van der Waals surface area contributed by atoms with E-state index in [4.69, 9.17) is 0 Å². The Hall–Kier alpha value is -2.18. The number of amides is 1. The summed E-state index contributed by atoms with van der Waals surface area (Å²) < 4.78 is 25.6. The van der Waals surface area contributed by atoms with Gasteiger partial charge in [0.25, 0.3) is 5.91 Å². The first-order valence-corrected chi connectivity index (χ1v) is 9.55. The summed E-state index contributed by atoms with van der Waals surface area (Å²) in [7, 11) is 1.09. The molecule has 0 aliphatic carbocycles. The molecule has 0 saturated carbocycles. The minimum absolute atomic E-state index is 0.115. The number of aryl methyl sites for hydroxylation is 1. The Bertz CT molecular complexity index is 843. The highest BCUT2D eigenvalue weighted by atomic mass is 32.2. The number of hydrogen-bond acceptors (Lipinski definition) is 3. The number of nitrogens with zero attached hydrogens (tertiary/aromatic N) is 2. The van der Waals surface area contributed by atoms with Crippen molar-refractivity contribution in [1.82, 2.24) is 9.21 Å². The van der Waals surface area contributed by atoms with Crippen LogP contribution >= 0.6 is 0 Å². The second-order valence-electron chi connectivity index (χ2n) is 6.15. The molecule has 6 heteroatoms. The van der Waals surface area contributed by atoms with E-state index in [0.29, 0.717) is 12.1 Å².